The molecule has 5 nitrogen and oxygen atoms in total. The third-order valence-electron chi connectivity index (χ3n) is 3.00. The van der Waals surface area contributed by atoms with Crippen LogP contribution in [0.25, 0.3) is 0 Å². The van der Waals surface area contributed by atoms with Crippen molar-refractivity contribution in [2.24, 2.45) is 0 Å². The summed E-state index contributed by atoms with van der Waals surface area (Å²) in [4.78, 5) is 4.07. The molecule has 6 heteroatoms. The highest BCUT2D eigenvalue weighted by Crippen LogP contribution is 2.08. The van der Waals surface area contributed by atoms with Gasteiger partial charge in [-0.2, -0.15) is 8.42 Å². The Morgan fingerprint density at radius 2 is 1.81 bits per heavy atom. The predicted molar refractivity (Wildman–Crippen MR) is 82.9 cm³/mol. The molecule has 0 atom stereocenters. The number of rotatable bonds is 4. The third-order valence-corrected chi connectivity index (χ3v) is 3.86. The lowest BCUT2D eigenvalue weighted by molar-refractivity contribution is 0.483. The van der Waals surface area contributed by atoms with Gasteiger partial charge >= 0.3 is 0 Å². The molecule has 0 radical (unpaired) electrons. The fraction of sp³-hybridized carbons (Fsp3) is 0.400. The standard InChI is InChI=1S/C8H14N2.C7H8O3S/c1-3-4-6-10-7-5-9-8(10)2;1-6-2-4-7(5-3-6)11(8,9)10/h5,7H,3-4,6H2,1-2H3;2-5H,1H3,(H,8,9,10). The van der Waals surface area contributed by atoms with E-state index in [4.69, 9.17) is 4.55 Å². The first kappa shape index (κ1) is 17.4. The highest BCUT2D eigenvalue weighted by Gasteiger charge is 2.06. The number of benzene rings is 1. The van der Waals surface area contributed by atoms with Gasteiger partial charge in [-0.3, -0.25) is 4.55 Å². The summed E-state index contributed by atoms with van der Waals surface area (Å²) in [5.41, 5.74) is 0.956. The number of unbranched alkanes of at least 4 members (excludes halogenated alkanes) is 1. The molecule has 0 saturated heterocycles. The average Bonchev–Trinajstić information content (AvgIpc) is 2.82. The first-order valence-corrected chi connectivity index (χ1v) is 8.30. The van der Waals surface area contributed by atoms with Gasteiger partial charge in [0.15, 0.2) is 0 Å². The maximum absolute atomic E-state index is 10.5. The smallest absolute Gasteiger partial charge is 0.294 e. The Morgan fingerprint density at radius 1 is 1.19 bits per heavy atom. The molecule has 0 unspecified atom stereocenters. The van der Waals surface area contributed by atoms with Crippen LogP contribution in [0.1, 0.15) is 31.2 Å². The Morgan fingerprint density at radius 3 is 2.24 bits per heavy atom. The summed E-state index contributed by atoms with van der Waals surface area (Å²) < 4.78 is 31.7. The number of hydrogen-bond acceptors (Lipinski definition) is 3. The van der Waals surface area contributed by atoms with Gasteiger partial charge in [-0.15, -0.1) is 0 Å². The quantitative estimate of drug-likeness (QED) is 0.880. The molecule has 116 valence electrons. The van der Waals surface area contributed by atoms with E-state index in [0.717, 1.165) is 17.9 Å². The summed E-state index contributed by atoms with van der Waals surface area (Å²) >= 11 is 0. The van der Waals surface area contributed by atoms with Crippen LogP contribution in [0.5, 0.6) is 0 Å². The molecule has 1 aromatic heterocycles. The van der Waals surface area contributed by atoms with E-state index in [9.17, 15) is 8.42 Å². The third kappa shape index (κ3) is 6.10. The van der Waals surface area contributed by atoms with E-state index < -0.39 is 10.1 Å². The van der Waals surface area contributed by atoms with Crippen molar-refractivity contribution in [3.05, 3.63) is 48.0 Å². The van der Waals surface area contributed by atoms with Gasteiger partial charge in [0, 0.05) is 18.9 Å². The fourth-order valence-corrected chi connectivity index (χ4v) is 2.16. The van der Waals surface area contributed by atoms with Crippen molar-refractivity contribution >= 4 is 10.1 Å². The maximum atomic E-state index is 10.5. The second-order valence-corrected chi connectivity index (χ2v) is 6.23. The topological polar surface area (TPSA) is 72.2 Å². The molecule has 2 aromatic rings. The Balaban J connectivity index is 0.000000211. The molecular weight excluding hydrogens is 288 g/mol. The zero-order valence-electron chi connectivity index (χ0n) is 12.7. The molecule has 0 bridgehead atoms. The van der Waals surface area contributed by atoms with Crippen molar-refractivity contribution < 1.29 is 13.0 Å². The van der Waals surface area contributed by atoms with Crippen LogP contribution < -0.4 is 0 Å². The van der Waals surface area contributed by atoms with E-state index in [-0.39, 0.29) is 4.90 Å². The second kappa shape index (κ2) is 7.95. The van der Waals surface area contributed by atoms with Crippen LogP contribution in [-0.4, -0.2) is 22.5 Å². The molecule has 1 heterocycles. The summed E-state index contributed by atoms with van der Waals surface area (Å²) in [6, 6.07) is 5.99. The lowest BCUT2D eigenvalue weighted by Crippen LogP contribution is -1.97. The van der Waals surface area contributed by atoms with Crippen LogP contribution >= 0.6 is 0 Å². The van der Waals surface area contributed by atoms with Crippen LogP contribution in [0.4, 0.5) is 0 Å². The van der Waals surface area contributed by atoms with Gasteiger partial charge in [-0.1, -0.05) is 31.0 Å². The first-order valence-electron chi connectivity index (χ1n) is 6.86. The maximum Gasteiger partial charge on any atom is 0.294 e. The van der Waals surface area contributed by atoms with Crippen molar-refractivity contribution in [2.45, 2.75) is 45.1 Å². The van der Waals surface area contributed by atoms with Crippen molar-refractivity contribution in [3.8, 4) is 0 Å². The molecule has 1 N–H and O–H groups in total. The number of aromatic nitrogens is 2. The van der Waals surface area contributed by atoms with Crippen LogP contribution in [0.3, 0.4) is 0 Å². The van der Waals surface area contributed by atoms with E-state index in [0.29, 0.717) is 0 Å². The van der Waals surface area contributed by atoms with E-state index in [1.807, 2.05) is 26.2 Å². The highest BCUT2D eigenvalue weighted by atomic mass is 32.2. The number of hydrogen-bond donors (Lipinski definition) is 1. The lowest BCUT2D eigenvalue weighted by atomic mass is 10.2. The molecule has 0 amide bonds. The van der Waals surface area contributed by atoms with Crippen molar-refractivity contribution in [2.75, 3.05) is 0 Å². The molecule has 21 heavy (non-hydrogen) atoms. The van der Waals surface area contributed by atoms with Gasteiger partial charge < -0.3 is 4.57 Å². The molecular formula is C15H22N2O3S. The van der Waals surface area contributed by atoms with Crippen molar-refractivity contribution in [3.63, 3.8) is 0 Å². The van der Waals surface area contributed by atoms with E-state index >= 15 is 0 Å². The highest BCUT2D eigenvalue weighted by molar-refractivity contribution is 7.85. The van der Waals surface area contributed by atoms with Gasteiger partial charge in [0.05, 0.1) is 4.90 Å². The van der Waals surface area contributed by atoms with Gasteiger partial charge in [-0.05, 0) is 32.4 Å². The molecule has 0 aliphatic heterocycles. The minimum atomic E-state index is -4.02. The summed E-state index contributed by atoms with van der Waals surface area (Å²) in [6.07, 6.45) is 6.38. The Labute approximate surface area is 126 Å². The van der Waals surface area contributed by atoms with Gasteiger partial charge in [-0.25, -0.2) is 4.98 Å². The Kier molecular flexibility index (Phi) is 6.58. The fourth-order valence-electron chi connectivity index (χ4n) is 1.68. The Bertz CT molecular complexity index is 646. The summed E-state index contributed by atoms with van der Waals surface area (Å²) in [7, 11) is -4.02. The first-order chi connectivity index (χ1) is 9.84. The van der Waals surface area contributed by atoms with Gasteiger partial charge in [0.2, 0.25) is 0 Å². The molecule has 0 aliphatic carbocycles. The van der Waals surface area contributed by atoms with E-state index in [1.54, 1.807) is 12.1 Å². The Hall–Kier alpha value is -1.66. The van der Waals surface area contributed by atoms with Crippen molar-refractivity contribution in [1.29, 1.82) is 0 Å². The molecule has 2 rings (SSSR count). The SMILES string of the molecule is CCCCn1ccnc1C.Cc1ccc(S(=O)(=O)O)cc1. The summed E-state index contributed by atoms with van der Waals surface area (Å²) in [5.74, 6) is 1.12. The van der Waals surface area contributed by atoms with Crippen LogP contribution in [0.2, 0.25) is 0 Å². The minimum Gasteiger partial charge on any atom is -0.335 e. The lowest BCUT2D eigenvalue weighted by Gasteiger charge is -2.01. The second-order valence-electron chi connectivity index (χ2n) is 4.81. The van der Waals surface area contributed by atoms with Crippen LogP contribution in [0.15, 0.2) is 41.6 Å². The minimum absolute atomic E-state index is 0.0666. The molecule has 0 saturated carbocycles. The molecule has 0 fully saturated rings. The number of aryl methyl sites for hydroxylation is 3. The zero-order chi connectivity index (χ0) is 15.9. The van der Waals surface area contributed by atoms with Crippen LogP contribution in [0, 0.1) is 13.8 Å². The normalized spacial score (nSPS) is 10.9. The number of imidazole rings is 1. The molecule has 0 spiro atoms. The van der Waals surface area contributed by atoms with Gasteiger partial charge in [0.25, 0.3) is 10.1 Å². The van der Waals surface area contributed by atoms with E-state index in [2.05, 4.69) is 16.5 Å². The zero-order valence-corrected chi connectivity index (χ0v) is 13.5. The largest absolute Gasteiger partial charge is 0.335 e. The number of nitrogens with zero attached hydrogens (tertiary/aromatic N) is 2. The van der Waals surface area contributed by atoms with Gasteiger partial charge in [0.1, 0.15) is 5.82 Å². The van der Waals surface area contributed by atoms with Crippen molar-refractivity contribution in [1.82, 2.24) is 9.55 Å². The summed E-state index contributed by atoms with van der Waals surface area (Å²) in [6.45, 7) is 7.19. The van der Waals surface area contributed by atoms with Crippen LogP contribution in [-0.2, 0) is 16.7 Å². The van der Waals surface area contributed by atoms with E-state index in [1.165, 1.54) is 25.0 Å². The predicted octanol–water partition coefficient (Wildman–Crippen LogP) is 3.23. The molecule has 0 aliphatic rings. The summed E-state index contributed by atoms with van der Waals surface area (Å²) in [5, 5.41) is 0. The average molecular weight is 310 g/mol. The molecule has 1 aromatic carbocycles. The monoisotopic (exact) mass is 310 g/mol.